The number of allylic oxidation sites excluding steroid dienone is 2. The third kappa shape index (κ3) is 1.17. The van der Waals surface area contributed by atoms with Crippen molar-refractivity contribution < 1.29 is 4.79 Å². The zero-order chi connectivity index (χ0) is 8.60. The third-order valence-corrected chi connectivity index (χ3v) is 3.66. The Kier molecular flexibility index (Phi) is 2.11. The van der Waals surface area contributed by atoms with Gasteiger partial charge in [0.15, 0.2) is 5.78 Å². The Balaban J connectivity index is 2.16. The van der Waals surface area contributed by atoms with Gasteiger partial charge >= 0.3 is 0 Å². The number of rotatable bonds is 0. The fraction of sp³-hybridized carbons (Fsp3) is 0.700. The van der Waals surface area contributed by atoms with Gasteiger partial charge in [-0.25, -0.2) is 0 Å². The summed E-state index contributed by atoms with van der Waals surface area (Å²) in [6, 6.07) is 0. The predicted molar refractivity (Wildman–Crippen MR) is 52.2 cm³/mol. The monoisotopic (exact) mass is 228 g/mol. The second-order valence-corrected chi connectivity index (χ2v) is 4.75. The number of ketones is 1. The summed E-state index contributed by atoms with van der Waals surface area (Å²) in [4.78, 5) is 11.6. The molecule has 0 aliphatic heterocycles. The van der Waals surface area contributed by atoms with E-state index in [4.69, 9.17) is 0 Å². The summed E-state index contributed by atoms with van der Waals surface area (Å²) in [6.07, 6.45) is 9.36. The molecular weight excluding hydrogens is 216 g/mol. The number of carbonyl (C=O) groups excluding carboxylic acids is 1. The van der Waals surface area contributed by atoms with Crippen LogP contribution in [0.1, 0.15) is 38.5 Å². The maximum Gasteiger partial charge on any atom is 0.179 e. The van der Waals surface area contributed by atoms with Crippen LogP contribution in [0.2, 0.25) is 0 Å². The van der Waals surface area contributed by atoms with Crippen LogP contribution < -0.4 is 0 Å². The van der Waals surface area contributed by atoms with Gasteiger partial charge in [0, 0.05) is 0 Å². The van der Waals surface area contributed by atoms with Gasteiger partial charge in [0.05, 0.1) is 9.90 Å². The molecule has 0 heterocycles. The van der Waals surface area contributed by atoms with Gasteiger partial charge in [-0.05, 0) is 28.8 Å². The predicted octanol–water partition coefficient (Wildman–Crippen LogP) is 3.19. The normalized spacial score (nSPS) is 27.8. The van der Waals surface area contributed by atoms with Crippen molar-refractivity contribution >= 4 is 21.7 Å². The van der Waals surface area contributed by atoms with Gasteiger partial charge in [0.2, 0.25) is 0 Å². The molecule has 0 radical (unpaired) electrons. The van der Waals surface area contributed by atoms with Crippen molar-refractivity contribution in [1.29, 1.82) is 0 Å². The van der Waals surface area contributed by atoms with E-state index in [-0.39, 0.29) is 5.41 Å². The lowest BCUT2D eigenvalue weighted by Gasteiger charge is -2.35. The minimum atomic E-state index is -0.0324. The zero-order valence-corrected chi connectivity index (χ0v) is 8.69. The minimum absolute atomic E-state index is 0.0324. The molecule has 0 N–H and O–H groups in total. The Hall–Kier alpha value is -0.110. The molecule has 2 aliphatic rings. The van der Waals surface area contributed by atoms with Crippen molar-refractivity contribution in [3.63, 3.8) is 0 Å². The molecule has 2 heteroatoms. The number of halogens is 1. The van der Waals surface area contributed by atoms with Crippen LogP contribution in [0.5, 0.6) is 0 Å². The average Bonchev–Trinajstić information content (AvgIpc) is 2.32. The van der Waals surface area contributed by atoms with Crippen LogP contribution in [0.15, 0.2) is 10.6 Å². The fourth-order valence-electron chi connectivity index (χ4n) is 2.26. The summed E-state index contributed by atoms with van der Waals surface area (Å²) < 4.78 is 0.810. The van der Waals surface area contributed by atoms with Crippen LogP contribution in [-0.2, 0) is 4.79 Å². The molecule has 0 unspecified atom stereocenters. The maximum atomic E-state index is 11.6. The first-order chi connectivity index (χ1) is 5.75. The summed E-state index contributed by atoms with van der Waals surface area (Å²) >= 11 is 3.27. The molecule has 0 aromatic rings. The smallest absolute Gasteiger partial charge is 0.179 e. The van der Waals surface area contributed by atoms with E-state index in [0.717, 1.165) is 17.3 Å². The van der Waals surface area contributed by atoms with E-state index in [9.17, 15) is 4.79 Å². The topological polar surface area (TPSA) is 17.1 Å². The van der Waals surface area contributed by atoms with Crippen LogP contribution in [0, 0.1) is 5.41 Å². The molecule has 0 aromatic carbocycles. The molecule has 1 fully saturated rings. The zero-order valence-electron chi connectivity index (χ0n) is 7.11. The molecule has 0 amide bonds. The molecule has 0 bridgehead atoms. The largest absolute Gasteiger partial charge is 0.293 e. The van der Waals surface area contributed by atoms with Crippen LogP contribution in [0.4, 0.5) is 0 Å². The fourth-order valence-corrected chi connectivity index (χ4v) is 3.10. The van der Waals surface area contributed by atoms with Crippen molar-refractivity contribution in [3.05, 3.63) is 10.6 Å². The molecule has 66 valence electrons. The average molecular weight is 229 g/mol. The van der Waals surface area contributed by atoms with Gasteiger partial charge < -0.3 is 0 Å². The van der Waals surface area contributed by atoms with Gasteiger partial charge in [0.25, 0.3) is 0 Å². The molecule has 1 nitrogen and oxygen atoms in total. The van der Waals surface area contributed by atoms with Gasteiger partial charge in [-0.1, -0.05) is 31.8 Å². The highest BCUT2D eigenvalue weighted by Gasteiger charge is 2.44. The van der Waals surface area contributed by atoms with Gasteiger partial charge in [-0.3, -0.25) is 4.79 Å². The van der Waals surface area contributed by atoms with Crippen LogP contribution in [-0.4, -0.2) is 5.78 Å². The Morgan fingerprint density at radius 2 is 1.75 bits per heavy atom. The molecule has 2 aliphatic carbocycles. The minimum Gasteiger partial charge on any atom is -0.293 e. The van der Waals surface area contributed by atoms with Crippen molar-refractivity contribution in [1.82, 2.24) is 0 Å². The van der Waals surface area contributed by atoms with E-state index in [1.807, 2.05) is 0 Å². The first-order valence-electron chi connectivity index (χ1n) is 4.68. The molecule has 1 spiro atoms. The molecular formula is C10H13BrO. The van der Waals surface area contributed by atoms with Crippen LogP contribution in [0.25, 0.3) is 0 Å². The van der Waals surface area contributed by atoms with E-state index in [1.165, 1.54) is 25.7 Å². The number of hydrogen-bond acceptors (Lipinski definition) is 1. The van der Waals surface area contributed by atoms with E-state index in [2.05, 4.69) is 22.0 Å². The lowest BCUT2D eigenvalue weighted by atomic mass is 9.69. The lowest BCUT2D eigenvalue weighted by Crippen LogP contribution is -2.36. The first-order valence-corrected chi connectivity index (χ1v) is 5.47. The Bertz CT molecular complexity index is 234. The molecule has 0 aromatic heterocycles. The second-order valence-electron chi connectivity index (χ2n) is 3.89. The number of hydrogen-bond donors (Lipinski definition) is 0. The number of Topliss-reactive ketones (excluding diaryl/α,β-unsaturated/α-hetero) is 1. The van der Waals surface area contributed by atoms with Gasteiger partial charge in [-0.2, -0.15) is 0 Å². The molecule has 0 saturated heterocycles. The standard InChI is InChI=1S/C10H13BrO/c11-8-7-10(9(8)12)5-3-1-2-4-6-10/h7H,1-6H2. The highest BCUT2D eigenvalue weighted by molar-refractivity contribution is 9.12. The highest BCUT2D eigenvalue weighted by Crippen LogP contribution is 2.47. The maximum absolute atomic E-state index is 11.6. The first kappa shape index (κ1) is 8.49. The van der Waals surface area contributed by atoms with Gasteiger partial charge in [-0.15, -0.1) is 0 Å². The van der Waals surface area contributed by atoms with Crippen molar-refractivity contribution in [2.75, 3.05) is 0 Å². The SMILES string of the molecule is O=C1C(Br)=CC12CCCCCC2. The van der Waals surface area contributed by atoms with Gasteiger partial charge in [0.1, 0.15) is 0 Å². The Morgan fingerprint density at radius 3 is 2.17 bits per heavy atom. The molecule has 2 rings (SSSR count). The van der Waals surface area contributed by atoms with Crippen LogP contribution in [0.3, 0.4) is 0 Å². The molecule has 1 saturated carbocycles. The summed E-state index contributed by atoms with van der Waals surface area (Å²) in [6.45, 7) is 0. The van der Waals surface area contributed by atoms with E-state index >= 15 is 0 Å². The summed E-state index contributed by atoms with van der Waals surface area (Å²) in [7, 11) is 0. The van der Waals surface area contributed by atoms with Crippen LogP contribution >= 0.6 is 15.9 Å². The quantitative estimate of drug-likeness (QED) is 0.623. The van der Waals surface area contributed by atoms with Crippen molar-refractivity contribution in [2.45, 2.75) is 38.5 Å². The Morgan fingerprint density at radius 1 is 1.17 bits per heavy atom. The van der Waals surface area contributed by atoms with Crippen molar-refractivity contribution in [2.24, 2.45) is 5.41 Å². The number of carbonyl (C=O) groups is 1. The summed E-state index contributed by atoms with van der Waals surface area (Å²) in [5.41, 5.74) is -0.0324. The third-order valence-electron chi connectivity index (χ3n) is 3.07. The molecule has 12 heavy (non-hydrogen) atoms. The van der Waals surface area contributed by atoms with E-state index in [1.54, 1.807) is 0 Å². The van der Waals surface area contributed by atoms with E-state index in [0.29, 0.717) is 5.78 Å². The molecule has 0 atom stereocenters. The summed E-state index contributed by atoms with van der Waals surface area (Å²) in [5, 5.41) is 0. The highest BCUT2D eigenvalue weighted by atomic mass is 79.9. The lowest BCUT2D eigenvalue weighted by molar-refractivity contribution is -0.124. The second kappa shape index (κ2) is 2.99. The van der Waals surface area contributed by atoms with Crippen molar-refractivity contribution in [3.8, 4) is 0 Å². The van der Waals surface area contributed by atoms with E-state index < -0.39 is 0 Å². The summed E-state index contributed by atoms with van der Waals surface area (Å²) in [5.74, 6) is 0.351. The Labute approximate surface area is 81.4 Å².